The fourth-order valence-electron chi connectivity index (χ4n) is 2.00. The maximum atomic E-state index is 12.6. The molecule has 19 heavy (non-hydrogen) atoms. The van der Waals surface area contributed by atoms with E-state index in [1.807, 2.05) is 7.05 Å². The van der Waals surface area contributed by atoms with E-state index in [2.05, 4.69) is 21.2 Å². The van der Waals surface area contributed by atoms with Crippen LogP contribution in [0.1, 0.15) is 11.3 Å². The van der Waals surface area contributed by atoms with Gasteiger partial charge in [-0.3, -0.25) is 0 Å². The molecule has 1 aliphatic rings. The molecule has 2 heterocycles. The number of hydrogen-bond donors (Lipinski definition) is 1. The summed E-state index contributed by atoms with van der Waals surface area (Å²) in [7, 11) is -0.00281. The number of likely N-dealkylation sites (N-methyl/N-ethyl adjacent to an activating group) is 1. The van der Waals surface area contributed by atoms with E-state index in [1.54, 1.807) is 13.1 Å². The van der Waals surface area contributed by atoms with Gasteiger partial charge in [0.05, 0.1) is 16.4 Å². The number of nitrogens with zero attached hydrogens (tertiary/aromatic N) is 1. The fraction of sp³-hybridized carbons (Fsp3) is 0.636. The molecule has 1 aliphatic heterocycles. The summed E-state index contributed by atoms with van der Waals surface area (Å²) >= 11 is 4.80. The molecule has 5 nitrogen and oxygen atoms in total. The molecule has 0 bridgehead atoms. The first-order valence-electron chi connectivity index (χ1n) is 5.95. The number of ether oxygens (including phenoxy) is 1. The predicted molar refractivity (Wildman–Crippen MR) is 79.0 cm³/mol. The summed E-state index contributed by atoms with van der Waals surface area (Å²) in [6.07, 6.45) is 0.751. The van der Waals surface area contributed by atoms with Crippen LogP contribution in [0.15, 0.2) is 14.7 Å². The van der Waals surface area contributed by atoms with Crippen molar-refractivity contribution in [1.29, 1.82) is 0 Å². The van der Waals surface area contributed by atoms with Gasteiger partial charge in [-0.2, -0.15) is 4.31 Å². The number of nitrogens with one attached hydrogen (secondary N) is 1. The summed E-state index contributed by atoms with van der Waals surface area (Å²) in [5.74, 6) is 0. The molecular weight excluding hydrogens is 352 g/mol. The molecule has 8 heteroatoms. The van der Waals surface area contributed by atoms with Crippen LogP contribution in [0.25, 0.3) is 0 Å². The Balaban J connectivity index is 2.27. The molecule has 0 aliphatic carbocycles. The third kappa shape index (κ3) is 3.20. The third-order valence-corrected chi connectivity index (χ3v) is 7.30. The Morgan fingerprint density at radius 3 is 2.95 bits per heavy atom. The molecule has 0 spiro atoms. The van der Waals surface area contributed by atoms with Gasteiger partial charge in [0.15, 0.2) is 0 Å². The maximum absolute atomic E-state index is 12.6. The topological polar surface area (TPSA) is 58.6 Å². The molecule has 1 aromatic rings. The standard InChI is InChI=1S/C11H17BrN2O3S2/c1-13-6-9-5-10(11(12)18-9)19(15,16)14(2)8-3-4-17-7-8/h5,8,13H,3-4,6-7H2,1-2H3. The van der Waals surface area contributed by atoms with Crippen LogP contribution in [0.5, 0.6) is 0 Å². The number of halogens is 1. The summed E-state index contributed by atoms with van der Waals surface area (Å²) in [6.45, 7) is 1.76. The molecule has 108 valence electrons. The highest BCUT2D eigenvalue weighted by molar-refractivity contribution is 9.11. The minimum atomic E-state index is -3.46. The number of rotatable bonds is 5. The molecule has 1 atom stereocenters. The minimum absolute atomic E-state index is 0.0652. The van der Waals surface area contributed by atoms with Crippen LogP contribution in [0.2, 0.25) is 0 Å². The van der Waals surface area contributed by atoms with Crippen molar-refractivity contribution in [2.75, 3.05) is 27.3 Å². The molecule has 0 saturated carbocycles. The highest BCUT2D eigenvalue weighted by Crippen LogP contribution is 2.34. The second-order valence-corrected chi connectivity index (χ2v) is 8.84. The number of sulfonamides is 1. The average Bonchev–Trinajstić information content (AvgIpc) is 2.98. The Bertz CT molecular complexity index is 538. The highest BCUT2D eigenvalue weighted by Gasteiger charge is 2.32. The largest absolute Gasteiger partial charge is 0.380 e. The third-order valence-electron chi connectivity index (χ3n) is 3.13. The van der Waals surface area contributed by atoms with Crippen LogP contribution in [0, 0.1) is 0 Å². The van der Waals surface area contributed by atoms with E-state index in [-0.39, 0.29) is 6.04 Å². The van der Waals surface area contributed by atoms with Crippen molar-refractivity contribution in [1.82, 2.24) is 9.62 Å². The SMILES string of the molecule is CNCc1cc(S(=O)(=O)N(C)C2CCOC2)c(Br)s1. The first-order chi connectivity index (χ1) is 8.96. The normalized spacial score (nSPS) is 20.3. The van der Waals surface area contributed by atoms with Gasteiger partial charge in [0.25, 0.3) is 0 Å². The molecule has 0 radical (unpaired) electrons. The van der Waals surface area contributed by atoms with Crippen LogP contribution in [-0.4, -0.2) is 46.1 Å². The van der Waals surface area contributed by atoms with Crippen molar-refractivity contribution < 1.29 is 13.2 Å². The molecule has 1 saturated heterocycles. The predicted octanol–water partition coefficient (Wildman–Crippen LogP) is 1.64. The van der Waals surface area contributed by atoms with Crippen molar-refractivity contribution in [3.63, 3.8) is 0 Å². The quantitative estimate of drug-likeness (QED) is 0.857. The lowest BCUT2D eigenvalue weighted by Gasteiger charge is -2.22. The number of thiophene rings is 1. The van der Waals surface area contributed by atoms with E-state index in [0.29, 0.717) is 28.4 Å². The first-order valence-corrected chi connectivity index (χ1v) is 9.00. The Morgan fingerprint density at radius 1 is 1.63 bits per heavy atom. The van der Waals surface area contributed by atoms with Gasteiger partial charge < -0.3 is 10.1 Å². The summed E-state index contributed by atoms with van der Waals surface area (Å²) < 4.78 is 32.5. The Labute approximate surface area is 126 Å². The van der Waals surface area contributed by atoms with Gasteiger partial charge in [-0.1, -0.05) is 0 Å². The highest BCUT2D eigenvalue weighted by atomic mass is 79.9. The van der Waals surface area contributed by atoms with Crippen molar-refractivity contribution in [2.45, 2.75) is 23.9 Å². The zero-order chi connectivity index (χ0) is 14.0. The lowest BCUT2D eigenvalue weighted by Crippen LogP contribution is -2.37. The molecule has 1 N–H and O–H groups in total. The lowest BCUT2D eigenvalue weighted by atomic mass is 10.3. The van der Waals surface area contributed by atoms with Crippen LogP contribution < -0.4 is 5.32 Å². The zero-order valence-corrected chi connectivity index (χ0v) is 14.1. The minimum Gasteiger partial charge on any atom is -0.380 e. The molecular formula is C11H17BrN2O3S2. The second kappa shape index (κ2) is 6.19. The monoisotopic (exact) mass is 368 g/mol. The molecule has 0 aromatic carbocycles. The van der Waals surface area contributed by atoms with Crippen molar-refractivity contribution >= 4 is 37.3 Å². The average molecular weight is 369 g/mol. The van der Waals surface area contributed by atoms with Crippen LogP contribution in [0.3, 0.4) is 0 Å². The van der Waals surface area contributed by atoms with Crippen LogP contribution >= 0.6 is 27.3 Å². The summed E-state index contributed by atoms with van der Waals surface area (Å²) in [4.78, 5) is 1.33. The smallest absolute Gasteiger partial charge is 0.245 e. The van der Waals surface area contributed by atoms with Crippen molar-refractivity contribution in [3.05, 3.63) is 14.7 Å². The summed E-state index contributed by atoms with van der Waals surface area (Å²) in [5, 5.41) is 3.02. The van der Waals surface area contributed by atoms with Crippen LogP contribution in [-0.2, 0) is 21.3 Å². The molecule has 0 amide bonds. The van der Waals surface area contributed by atoms with Gasteiger partial charge in [-0.25, -0.2) is 8.42 Å². The molecule has 1 fully saturated rings. The second-order valence-electron chi connectivity index (χ2n) is 4.42. The molecule has 2 rings (SSSR count). The maximum Gasteiger partial charge on any atom is 0.245 e. The van der Waals surface area contributed by atoms with E-state index in [4.69, 9.17) is 4.74 Å². The summed E-state index contributed by atoms with van der Waals surface area (Å²) in [6, 6.07) is 1.66. The van der Waals surface area contributed by atoms with Crippen molar-refractivity contribution in [2.24, 2.45) is 0 Å². The Hall–Kier alpha value is 0.01000. The zero-order valence-electron chi connectivity index (χ0n) is 10.8. The Morgan fingerprint density at radius 2 is 2.37 bits per heavy atom. The van der Waals surface area contributed by atoms with E-state index in [9.17, 15) is 8.42 Å². The van der Waals surface area contributed by atoms with Crippen LogP contribution in [0.4, 0.5) is 0 Å². The van der Waals surface area contributed by atoms with Crippen molar-refractivity contribution in [3.8, 4) is 0 Å². The van der Waals surface area contributed by atoms with Gasteiger partial charge in [0, 0.05) is 25.1 Å². The van der Waals surface area contributed by atoms with E-state index >= 15 is 0 Å². The van der Waals surface area contributed by atoms with Gasteiger partial charge in [-0.05, 0) is 35.5 Å². The number of hydrogen-bond acceptors (Lipinski definition) is 5. The fourth-order valence-corrected chi connectivity index (χ4v) is 6.01. The van der Waals surface area contributed by atoms with Gasteiger partial charge in [0.2, 0.25) is 10.0 Å². The molecule has 1 aromatic heterocycles. The first kappa shape index (κ1) is 15.4. The van der Waals surface area contributed by atoms with Gasteiger partial charge in [0.1, 0.15) is 4.90 Å². The summed E-state index contributed by atoms with van der Waals surface area (Å²) in [5.41, 5.74) is 0. The molecule has 1 unspecified atom stereocenters. The Kier molecular flexibility index (Phi) is 5.02. The van der Waals surface area contributed by atoms with Gasteiger partial charge >= 0.3 is 0 Å². The van der Waals surface area contributed by atoms with E-state index in [0.717, 1.165) is 11.3 Å². The van der Waals surface area contributed by atoms with E-state index < -0.39 is 10.0 Å². The van der Waals surface area contributed by atoms with Gasteiger partial charge in [-0.15, -0.1) is 11.3 Å². The van der Waals surface area contributed by atoms with E-state index in [1.165, 1.54) is 15.6 Å². The lowest BCUT2D eigenvalue weighted by molar-refractivity contribution is 0.181.